The van der Waals surface area contributed by atoms with Gasteiger partial charge in [-0.15, -0.1) is 0 Å². The third kappa shape index (κ3) is 2.82. The average Bonchev–Trinajstić information content (AvgIpc) is 2.81. The number of carbonyl (C=O) groups is 1. The standard InChI is InChI=1S/C15H19N3O2/c1-4-20-15(19)11-6-5-7-12(8-11)18-14(16)9-13(17-18)10(2)3/h5-10H,4,16H2,1-3H3. The van der Waals surface area contributed by atoms with Crippen molar-refractivity contribution >= 4 is 11.8 Å². The molecule has 2 N–H and O–H groups in total. The predicted molar refractivity (Wildman–Crippen MR) is 78.0 cm³/mol. The van der Waals surface area contributed by atoms with Gasteiger partial charge in [-0.2, -0.15) is 5.10 Å². The number of nitrogens with zero attached hydrogens (tertiary/aromatic N) is 2. The maximum atomic E-state index is 11.7. The molecule has 0 atom stereocenters. The number of carbonyl (C=O) groups excluding carboxylic acids is 1. The van der Waals surface area contributed by atoms with Gasteiger partial charge in [0.1, 0.15) is 5.82 Å². The third-order valence-corrected chi connectivity index (χ3v) is 2.95. The molecule has 0 spiro atoms. The number of anilines is 1. The molecule has 5 heteroatoms. The van der Waals surface area contributed by atoms with Crippen molar-refractivity contribution in [3.05, 3.63) is 41.6 Å². The first kappa shape index (κ1) is 14.1. The lowest BCUT2D eigenvalue weighted by Gasteiger charge is -2.07. The second-order valence-corrected chi connectivity index (χ2v) is 4.83. The van der Waals surface area contributed by atoms with Crippen LogP contribution in [-0.2, 0) is 4.74 Å². The maximum absolute atomic E-state index is 11.7. The van der Waals surface area contributed by atoms with Crippen molar-refractivity contribution in [1.82, 2.24) is 9.78 Å². The highest BCUT2D eigenvalue weighted by Crippen LogP contribution is 2.20. The van der Waals surface area contributed by atoms with Gasteiger partial charge in [0, 0.05) is 6.07 Å². The zero-order valence-corrected chi connectivity index (χ0v) is 12.0. The lowest BCUT2D eigenvalue weighted by Crippen LogP contribution is -2.07. The molecule has 0 radical (unpaired) electrons. The molecule has 0 aliphatic heterocycles. The summed E-state index contributed by atoms with van der Waals surface area (Å²) in [5.74, 6) is 0.505. The molecule has 2 rings (SSSR count). The maximum Gasteiger partial charge on any atom is 0.338 e. The summed E-state index contributed by atoms with van der Waals surface area (Å²) < 4.78 is 6.63. The first-order valence-electron chi connectivity index (χ1n) is 6.66. The van der Waals surface area contributed by atoms with Crippen LogP contribution in [0.1, 0.15) is 42.7 Å². The Balaban J connectivity index is 2.38. The molecule has 1 heterocycles. The Morgan fingerprint density at radius 1 is 1.40 bits per heavy atom. The van der Waals surface area contributed by atoms with Crippen LogP contribution in [0, 0.1) is 0 Å². The summed E-state index contributed by atoms with van der Waals surface area (Å²) >= 11 is 0. The first-order valence-corrected chi connectivity index (χ1v) is 6.66. The van der Waals surface area contributed by atoms with Crippen LogP contribution in [-0.4, -0.2) is 22.4 Å². The molecule has 1 aromatic heterocycles. The van der Waals surface area contributed by atoms with Crippen LogP contribution in [0.25, 0.3) is 5.69 Å². The molecule has 5 nitrogen and oxygen atoms in total. The van der Waals surface area contributed by atoms with E-state index in [4.69, 9.17) is 10.5 Å². The van der Waals surface area contributed by atoms with Gasteiger partial charge in [0.2, 0.25) is 0 Å². The predicted octanol–water partition coefficient (Wildman–Crippen LogP) is 2.75. The minimum atomic E-state index is -0.343. The quantitative estimate of drug-likeness (QED) is 0.869. The van der Waals surface area contributed by atoms with E-state index in [1.165, 1.54) is 0 Å². The van der Waals surface area contributed by atoms with E-state index < -0.39 is 0 Å². The Morgan fingerprint density at radius 2 is 2.15 bits per heavy atom. The largest absolute Gasteiger partial charge is 0.462 e. The summed E-state index contributed by atoms with van der Waals surface area (Å²) in [6.07, 6.45) is 0. The number of ether oxygens (including phenoxy) is 1. The van der Waals surface area contributed by atoms with Crippen LogP contribution in [0.2, 0.25) is 0 Å². The van der Waals surface area contributed by atoms with Crippen molar-refractivity contribution < 1.29 is 9.53 Å². The minimum Gasteiger partial charge on any atom is -0.462 e. The zero-order valence-electron chi connectivity index (χ0n) is 12.0. The molecule has 0 aliphatic rings. The minimum absolute atomic E-state index is 0.298. The van der Waals surface area contributed by atoms with Crippen LogP contribution in [0.4, 0.5) is 5.82 Å². The second-order valence-electron chi connectivity index (χ2n) is 4.83. The SMILES string of the molecule is CCOC(=O)c1cccc(-n2nc(C(C)C)cc2N)c1. The number of aromatic nitrogens is 2. The fraction of sp³-hybridized carbons (Fsp3) is 0.333. The fourth-order valence-corrected chi connectivity index (χ4v) is 1.88. The topological polar surface area (TPSA) is 70.1 Å². The zero-order chi connectivity index (χ0) is 14.7. The van der Waals surface area contributed by atoms with E-state index >= 15 is 0 Å². The number of benzene rings is 1. The number of hydrogen-bond acceptors (Lipinski definition) is 4. The summed E-state index contributed by atoms with van der Waals surface area (Å²) in [5.41, 5.74) is 8.14. The van der Waals surface area contributed by atoms with Crippen LogP contribution >= 0.6 is 0 Å². The Hall–Kier alpha value is -2.30. The summed E-state index contributed by atoms with van der Waals surface area (Å²) in [6, 6.07) is 8.94. The number of nitrogen functional groups attached to an aromatic ring is 1. The van der Waals surface area contributed by atoms with E-state index in [1.807, 2.05) is 12.1 Å². The molecule has 0 aliphatic carbocycles. The van der Waals surface area contributed by atoms with Crippen molar-refractivity contribution in [3.8, 4) is 5.69 Å². The molecule has 0 saturated carbocycles. The number of nitrogens with two attached hydrogens (primary N) is 1. The molecule has 0 fully saturated rings. The third-order valence-electron chi connectivity index (χ3n) is 2.95. The van der Waals surface area contributed by atoms with Gasteiger partial charge in [-0.1, -0.05) is 19.9 Å². The molecule has 0 saturated heterocycles. The Kier molecular flexibility index (Phi) is 4.08. The number of hydrogen-bond donors (Lipinski definition) is 1. The summed E-state index contributed by atoms with van der Waals surface area (Å²) in [6.45, 7) is 6.24. The van der Waals surface area contributed by atoms with Gasteiger partial charge < -0.3 is 10.5 Å². The molecule has 2 aromatic rings. The molecule has 0 unspecified atom stereocenters. The average molecular weight is 273 g/mol. The number of esters is 1. The molecule has 106 valence electrons. The normalized spacial score (nSPS) is 10.8. The van der Waals surface area contributed by atoms with Gasteiger partial charge in [0.25, 0.3) is 0 Å². The lowest BCUT2D eigenvalue weighted by atomic mass is 10.1. The molecular weight excluding hydrogens is 254 g/mol. The van der Waals surface area contributed by atoms with Crippen LogP contribution < -0.4 is 5.73 Å². The Morgan fingerprint density at radius 3 is 2.75 bits per heavy atom. The lowest BCUT2D eigenvalue weighted by molar-refractivity contribution is 0.0526. The Bertz CT molecular complexity index is 617. The van der Waals surface area contributed by atoms with E-state index in [0.29, 0.717) is 23.9 Å². The van der Waals surface area contributed by atoms with Gasteiger partial charge in [0.05, 0.1) is 23.6 Å². The second kappa shape index (κ2) is 5.77. The highest BCUT2D eigenvalue weighted by molar-refractivity contribution is 5.90. The van der Waals surface area contributed by atoms with E-state index in [1.54, 1.807) is 29.8 Å². The van der Waals surface area contributed by atoms with Crippen molar-refractivity contribution in [1.29, 1.82) is 0 Å². The van der Waals surface area contributed by atoms with Crippen molar-refractivity contribution in [3.63, 3.8) is 0 Å². The molecule has 0 bridgehead atoms. The smallest absolute Gasteiger partial charge is 0.338 e. The monoisotopic (exact) mass is 273 g/mol. The van der Waals surface area contributed by atoms with Gasteiger partial charge in [-0.3, -0.25) is 0 Å². The summed E-state index contributed by atoms with van der Waals surface area (Å²) in [4.78, 5) is 11.7. The van der Waals surface area contributed by atoms with E-state index in [9.17, 15) is 4.79 Å². The first-order chi connectivity index (χ1) is 9.52. The van der Waals surface area contributed by atoms with Crippen LogP contribution in [0.15, 0.2) is 30.3 Å². The van der Waals surface area contributed by atoms with E-state index in [0.717, 1.165) is 11.4 Å². The summed E-state index contributed by atoms with van der Waals surface area (Å²) in [7, 11) is 0. The molecule has 1 aromatic carbocycles. The van der Waals surface area contributed by atoms with Crippen LogP contribution in [0.3, 0.4) is 0 Å². The summed E-state index contributed by atoms with van der Waals surface area (Å²) in [5, 5.41) is 4.47. The highest BCUT2D eigenvalue weighted by atomic mass is 16.5. The molecular formula is C15H19N3O2. The number of rotatable bonds is 4. The van der Waals surface area contributed by atoms with Crippen LogP contribution in [0.5, 0.6) is 0 Å². The van der Waals surface area contributed by atoms with E-state index in [-0.39, 0.29) is 5.97 Å². The molecule has 0 amide bonds. The van der Waals surface area contributed by atoms with Crippen molar-refractivity contribution in [2.45, 2.75) is 26.7 Å². The van der Waals surface area contributed by atoms with Gasteiger partial charge in [-0.05, 0) is 31.0 Å². The van der Waals surface area contributed by atoms with Crippen molar-refractivity contribution in [2.75, 3.05) is 12.3 Å². The molecule has 20 heavy (non-hydrogen) atoms. The Labute approximate surface area is 118 Å². The van der Waals surface area contributed by atoms with Gasteiger partial charge >= 0.3 is 5.97 Å². The van der Waals surface area contributed by atoms with E-state index in [2.05, 4.69) is 18.9 Å². The van der Waals surface area contributed by atoms with Crippen molar-refractivity contribution in [2.24, 2.45) is 0 Å². The van der Waals surface area contributed by atoms with Gasteiger partial charge in [0.15, 0.2) is 0 Å². The van der Waals surface area contributed by atoms with Gasteiger partial charge in [-0.25, -0.2) is 9.48 Å². The highest BCUT2D eigenvalue weighted by Gasteiger charge is 2.12. The fourth-order valence-electron chi connectivity index (χ4n) is 1.88.